The van der Waals surface area contributed by atoms with E-state index in [1.807, 2.05) is 0 Å². The van der Waals surface area contributed by atoms with Crippen LogP contribution in [0.1, 0.15) is 41.3 Å². The van der Waals surface area contributed by atoms with Crippen LogP contribution in [-0.4, -0.2) is 17.7 Å². The zero-order valence-electron chi connectivity index (χ0n) is 10.3. The zero-order valence-corrected chi connectivity index (χ0v) is 10.3. The van der Waals surface area contributed by atoms with Crippen molar-refractivity contribution in [1.82, 2.24) is 0 Å². The molecule has 0 aromatic heterocycles. The maximum absolute atomic E-state index is 13.8. The lowest BCUT2D eigenvalue weighted by molar-refractivity contribution is -0.122. The lowest BCUT2D eigenvalue weighted by atomic mass is 9.94. The van der Waals surface area contributed by atoms with Gasteiger partial charge in [0.1, 0.15) is 0 Å². The molecule has 96 valence electrons. The number of ketones is 2. The third-order valence-electron chi connectivity index (χ3n) is 2.56. The van der Waals surface area contributed by atoms with Crippen LogP contribution in [-0.2, 0) is 4.79 Å². The number of nitrogens with zero attached hydrogens (tertiary/aromatic N) is 2. The second kappa shape index (κ2) is 6.42. The highest BCUT2D eigenvalue weighted by molar-refractivity contribution is 6.15. The minimum atomic E-state index is -2.32. The van der Waals surface area contributed by atoms with Gasteiger partial charge in [-0.15, -0.1) is 0 Å². The van der Waals surface area contributed by atoms with E-state index in [0.717, 1.165) is 0 Å². The van der Waals surface area contributed by atoms with Gasteiger partial charge in [0.15, 0.2) is 5.78 Å². The smallest absolute Gasteiger partial charge is 0.220 e. The summed E-state index contributed by atoms with van der Waals surface area (Å²) in [7, 11) is 0. The molecule has 1 aromatic rings. The molecule has 0 aliphatic carbocycles. The number of carbonyl (C=O) groups is 2. The lowest BCUT2D eigenvalue weighted by Gasteiger charge is -2.08. The molecule has 0 heterocycles. The Labute approximate surface area is 110 Å². The van der Waals surface area contributed by atoms with E-state index in [1.165, 1.54) is 18.2 Å². The molecule has 5 heteroatoms. The van der Waals surface area contributed by atoms with Gasteiger partial charge in [-0.05, 0) is 18.6 Å². The number of rotatable bonds is 5. The Morgan fingerprint density at radius 2 is 1.79 bits per heavy atom. The molecule has 1 unspecified atom stereocenters. The summed E-state index contributed by atoms with van der Waals surface area (Å²) in [6.07, 6.45) is -1.94. The van der Waals surface area contributed by atoms with Crippen LogP contribution >= 0.6 is 0 Å². The fraction of sp³-hybridized carbons (Fsp3) is 0.286. The van der Waals surface area contributed by atoms with Crippen LogP contribution in [0.2, 0.25) is 0 Å². The van der Waals surface area contributed by atoms with Crippen LogP contribution < -0.4 is 0 Å². The topological polar surface area (TPSA) is 81.7 Å². The van der Waals surface area contributed by atoms with E-state index in [4.69, 9.17) is 10.5 Å². The first kappa shape index (κ1) is 14.5. The Balaban J connectivity index is 3.24. The zero-order chi connectivity index (χ0) is 14.4. The summed E-state index contributed by atoms with van der Waals surface area (Å²) in [6.45, 7) is 1.69. The van der Waals surface area contributed by atoms with Crippen LogP contribution in [0, 0.1) is 22.7 Å². The van der Waals surface area contributed by atoms with Gasteiger partial charge in [0.05, 0.1) is 28.8 Å². The summed E-state index contributed by atoms with van der Waals surface area (Å²) in [5, 5.41) is 17.8. The average Bonchev–Trinajstić information content (AvgIpc) is 2.44. The summed E-state index contributed by atoms with van der Waals surface area (Å²) in [4.78, 5) is 23.3. The van der Waals surface area contributed by atoms with Crippen molar-refractivity contribution in [2.75, 3.05) is 0 Å². The van der Waals surface area contributed by atoms with Gasteiger partial charge in [-0.2, -0.15) is 10.5 Å². The van der Waals surface area contributed by atoms with Crippen molar-refractivity contribution < 1.29 is 14.0 Å². The van der Waals surface area contributed by atoms with E-state index in [1.54, 1.807) is 19.1 Å². The lowest BCUT2D eigenvalue weighted by Crippen LogP contribution is -2.27. The predicted molar refractivity (Wildman–Crippen MR) is 65.0 cm³/mol. The van der Waals surface area contributed by atoms with Crippen molar-refractivity contribution in [2.24, 2.45) is 0 Å². The Morgan fingerprint density at radius 1 is 1.26 bits per heavy atom. The van der Waals surface area contributed by atoms with Crippen molar-refractivity contribution in [3.8, 4) is 12.1 Å². The molecule has 0 saturated heterocycles. The SMILES string of the molecule is CCCC(=O)C(F)C(=O)c1c(C#N)cccc1C#N. The van der Waals surface area contributed by atoms with Gasteiger partial charge >= 0.3 is 0 Å². The third-order valence-corrected chi connectivity index (χ3v) is 2.56. The first-order valence-corrected chi connectivity index (χ1v) is 5.71. The van der Waals surface area contributed by atoms with Crippen LogP contribution in [0.5, 0.6) is 0 Å². The minimum Gasteiger partial charge on any atom is -0.296 e. The van der Waals surface area contributed by atoms with Gasteiger partial charge in [-0.25, -0.2) is 4.39 Å². The van der Waals surface area contributed by atoms with E-state index in [-0.39, 0.29) is 23.1 Å². The van der Waals surface area contributed by atoms with Crippen LogP contribution in [0.25, 0.3) is 0 Å². The van der Waals surface area contributed by atoms with Crippen LogP contribution in [0.4, 0.5) is 4.39 Å². The van der Waals surface area contributed by atoms with Gasteiger partial charge < -0.3 is 0 Å². The number of alkyl halides is 1. The number of hydrogen-bond donors (Lipinski definition) is 0. The summed E-state index contributed by atoms with van der Waals surface area (Å²) in [5.74, 6) is -1.95. The van der Waals surface area contributed by atoms with E-state index in [2.05, 4.69) is 0 Å². The van der Waals surface area contributed by atoms with Gasteiger partial charge in [0.2, 0.25) is 12.0 Å². The van der Waals surface area contributed by atoms with Gasteiger partial charge in [0, 0.05) is 6.42 Å². The number of halogens is 1. The fourth-order valence-corrected chi connectivity index (χ4v) is 1.65. The van der Waals surface area contributed by atoms with Gasteiger partial charge in [0.25, 0.3) is 0 Å². The molecule has 0 fully saturated rings. The normalized spacial score (nSPS) is 11.2. The molecule has 0 aliphatic heterocycles. The van der Waals surface area contributed by atoms with Crippen molar-refractivity contribution in [1.29, 1.82) is 10.5 Å². The Hall–Kier alpha value is -2.53. The number of benzene rings is 1. The maximum atomic E-state index is 13.8. The summed E-state index contributed by atoms with van der Waals surface area (Å²) in [5.41, 5.74) is -0.517. The van der Waals surface area contributed by atoms with Gasteiger partial charge in [-0.1, -0.05) is 13.0 Å². The van der Waals surface area contributed by atoms with E-state index in [0.29, 0.717) is 6.42 Å². The molecule has 1 aromatic carbocycles. The van der Waals surface area contributed by atoms with Crippen LogP contribution in [0.15, 0.2) is 18.2 Å². The van der Waals surface area contributed by atoms with Crippen molar-refractivity contribution in [3.05, 3.63) is 34.9 Å². The Kier molecular flexibility index (Phi) is 4.91. The van der Waals surface area contributed by atoms with Crippen molar-refractivity contribution in [2.45, 2.75) is 25.9 Å². The molecular formula is C14H11FN2O2. The summed E-state index contributed by atoms with van der Waals surface area (Å²) < 4.78 is 13.8. The average molecular weight is 258 g/mol. The summed E-state index contributed by atoms with van der Waals surface area (Å²) >= 11 is 0. The largest absolute Gasteiger partial charge is 0.296 e. The standard InChI is InChI=1S/C14H11FN2O2/c1-2-4-11(18)13(15)14(19)12-9(7-16)5-3-6-10(12)8-17/h3,5-6,13H,2,4H2,1H3. The molecule has 0 amide bonds. The molecule has 0 N–H and O–H groups in total. The highest BCUT2D eigenvalue weighted by Crippen LogP contribution is 2.18. The highest BCUT2D eigenvalue weighted by atomic mass is 19.1. The predicted octanol–water partition coefficient (Wildman–Crippen LogP) is 2.32. The first-order chi connectivity index (χ1) is 9.06. The molecule has 4 nitrogen and oxygen atoms in total. The van der Waals surface area contributed by atoms with Crippen molar-refractivity contribution in [3.63, 3.8) is 0 Å². The third kappa shape index (κ3) is 3.02. The number of hydrogen-bond acceptors (Lipinski definition) is 4. The Morgan fingerprint density at radius 3 is 2.21 bits per heavy atom. The molecule has 19 heavy (non-hydrogen) atoms. The van der Waals surface area contributed by atoms with Gasteiger partial charge in [-0.3, -0.25) is 9.59 Å². The molecular weight excluding hydrogens is 247 g/mol. The van der Waals surface area contributed by atoms with E-state index < -0.39 is 17.7 Å². The minimum absolute atomic E-state index is 0.0521. The molecule has 0 bridgehead atoms. The van der Waals surface area contributed by atoms with Crippen LogP contribution in [0.3, 0.4) is 0 Å². The van der Waals surface area contributed by atoms with Crippen molar-refractivity contribution >= 4 is 11.6 Å². The highest BCUT2D eigenvalue weighted by Gasteiger charge is 2.29. The quantitative estimate of drug-likeness (QED) is 0.599. The molecule has 0 aliphatic rings. The Bertz CT molecular complexity index is 564. The second-order valence-electron chi connectivity index (χ2n) is 3.89. The maximum Gasteiger partial charge on any atom is 0.220 e. The number of carbonyl (C=O) groups excluding carboxylic acids is 2. The molecule has 0 saturated carbocycles. The fourth-order valence-electron chi connectivity index (χ4n) is 1.65. The summed E-state index contributed by atoms with van der Waals surface area (Å²) in [6, 6.07) is 7.50. The monoisotopic (exact) mass is 258 g/mol. The molecule has 1 rings (SSSR count). The molecule has 0 spiro atoms. The molecule has 1 atom stereocenters. The number of nitriles is 2. The van der Waals surface area contributed by atoms with E-state index >= 15 is 0 Å². The number of Topliss-reactive ketones (excluding diaryl/α,β-unsaturated/α-hetero) is 2. The second-order valence-corrected chi connectivity index (χ2v) is 3.89. The first-order valence-electron chi connectivity index (χ1n) is 5.71. The van der Waals surface area contributed by atoms with E-state index in [9.17, 15) is 14.0 Å². The molecule has 0 radical (unpaired) electrons.